The van der Waals surface area contributed by atoms with Crippen molar-refractivity contribution in [1.29, 1.82) is 0 Å². The second-order valence-electron chi connectivity index (χ2n) is 9.44. The van der Waals surface area contributed by atoms with Crippen LogP contribution in [0.5, 0.6) is 0 Å². The van der Waals surface area contributed by atoms with E-state index in [0.29, 0.717) is 28.1 Å². The fourth-order valence-electron chi connectivity index (χ4n) is 5.14. The molecule has 0 unspecified atom stereocenters. The van der Waals surface area contributed by atoms with Crippen molar-refractivity contribution in [3.8, 4) is 0 Å². The molecule has 9 heteroatoms. The van der Waals surface area contributed by atoms with Gasteiger partial charge in [-0.1, -0.05) is 34.4 Å². The van der Waals surface area contributed by atoms with Gasteiger partial charge in [0.2, 0.25) is 0 Å². The van der Waals surface area contributed by atoms with Crippen molar-refractivity contribution < 1.29 is 9.32 Å². The normalized spacial score (nSPS) is 22.2. The second kappa shape index (κ2) is 8.17. The minimum absolute atomic E-state index is 0.0354. The van der Waals surface area contributed by atoms with Crippen molar-refractivity contribution in [2.45, 2.75) is 57.5 Å². The second-order valence-corrected chi connectivity index (χ2v) is 10.3. The number of likely N-dealkylation sites (tertiary alicyclic amines) is 1. The monoisotopic (exact) mass is 497 g/mol. The molecular formula is C25H25Cl2N5O2. The Bertz CT molecular complexity index is 1320. The standard InChI is InChI=1S/C25H25Cl2N5O2/c1-13-10-21(34-30-13)20-4-3-9-31(20)25(33)23-14(2)28-22-12-19(15-5-6-15)29-32(22)24(23)16-7-8-17(26)18(27)11-16/h7-8,10-12,15,20,24,28H,3-6,9H2,1-2H3/t20-,24-/m0/s1. The number of fused-ring (bicyclic) bond motifs is 1. The highest BCUT2D eigenvalue weighted by Crippen LogP contribution is 2.45. The lowest BCUT2D eigenvalue weighted by molar-refractivity contribution is -0.128. The predicted molar refractivity (Wildman–Crippen MR) is 130 cm³/mol. The van der Waals surface area contributed by atoms with Gasteiger partial charge in [0.05, 0.1) is 33.0 Å². The van der Waals surface area contributed by atoms with Gasteiger partial charge >= 0.3 is 0 Å². The number of allylic oxidation sites excluding steroid dienone is 1. The zero-order valence-corrected chi connectivity index (χ0v) is 20.5. The summed E-state index contributed by atoms with van der Waals surface area (Å²) in [6.07, 6.45) is 4.05. The van der Waals surface area contributed by atoms with Gasteiger partial charge in [0.25, 0.3) is 5.91 Å². The van der Waals surface area contributed by atoms with Crippen LogP contribution in [0, 0.1) is 6.92 Å². The Hall–Kier alpha value is -2.77. The highest BCUT2D eigenvalue weighted by molar-refractivity contribution is 6.42. The molecule has 1 N–H and O–H groups in total. The molecule has 1 amide bonds. The molecule has 2 atom stereocenters. The minimum Gasteiger partial charge on any atom is -0.359 e. The fourth-order valence-corrected chi connectivity index (χ4v) is 5.44. The molecule has 3 aliphatic rings. The fraction of sp³-hybridized carbons (Fsp3) is 0.400. The van der Waals surface area contributed by atoms with E-state index in [1.165, 1.54) is 0 Å². The first-order chi connectivity index (χ1) is 16.4. The summed E-state index contributed by atoms with van der Waals surface area (Å²) in [6, 6.07) is 9.01. The highest BCUT2D eigenvalue weighted by Gasteiger charge is 2.41. The third-order valence-corrected chi connectivity index (χ3v) is 7.70. The average molecular weight is 498 g/mol. The summed E-state index contributed by atoms with van der Waals surface area (Å²) in [7, 11) is 0. The van der Waals surface area contributed by atoms with Crippen molar-refractivity contribution in [3.05, 3.63) is 74.4 Å². The Morgan fingerprint density at radius 1 is 1.12 bits per heavy atom. The van der Waals surface area contributed by atoms with Crippen molar-refractivity contribution in [3.63, 3.8) is 0 Å². The Kier molecular flexibility index (Phi) is 5.22. The molecule has 2 fully saturated rings. The zero-order chi connectivity index (χ0) is 23.6. The van der Waals surface area contributed by atoms with Crippen molar-refractivity contribution in [2.24, 2.45) is 0 Å². The third kappa shape index (κ3) is 3.62. The number of nitrogens with one attached hydrogen (secondary N) is 1. The number of aromatic nitrogens is 3. The lowest BCUT2D eigenvalue weighted by Crippen LogP contribution is -2.38. The Morgan fingerprint density at radius 3 is 2.65 bits per heavy atom. The smallest absolute Gasteiger partial charge is 0.254 e. The summed E-state index contributed by atoms with van der Waals surface area (Å²) < 4.78 is 7.48. The van der Waals surface area contributed by atoms with Gasteiger partial charge in [-0.25, -0.2) is 4.68 Å². The molecule has 2 aromatic heterocycles. The Morgan fingerprint density at radius 2 is 1.94 bits per heavy atom. The summed E-state index contributed by atoms with van der Waals surface area (Å²) >= 11 is 12.6. The summed E-state index contributed by atoms with van der Waals surface area (Å²) in [5, 5.41) is 13.4. The first-order valence-corrected chi connectivity index (χ1v) is 12.4. The molecular weight excluding hydrogens is 473 g/mol. The molecule has 0 spiro atoms. The molecule has 6 rings (SSSR count). The quantitative estimate of drug-likeness (QED) is 0.477. The number of hydrogen-bond donors (Lipinski definition) is 1. The topological polar surface area (TPSA) is 76.2 Å². The lowest BCUT2D eigenvalue weighted by Gasteiger charge is -2.33. The molecule has 1 saturated carbocycles. The van der Waals surface area contributed by atoms with E-state index < -0.39 is 6.04 Å². The number of hydrogen-bond acceptors (Lipinski definition) is 5. The van der Waals surface area contributed by atoms with E-state index in [-0.39, 0.29) is 11.9 Å². The molecule has 34 heavy (non-hydrogen) atoms. The largest absolute Gasteiger partial charge is 0.359 e. The van der Waals surface area contributed by atoms with Crippen LogP contribution < -0.4 is 5.32 Å². The van der Waals surface area contributed by atoms with Crippen LogP contribution in [0.4, 0.5) is 5.82 Å². The van der Waals surface area contributed by atoms with Gasteiger partial charge in [0, 0.05) is 30.3 Å². The number of benzene rings is 1. The van der Waals surface area contributed by atoms with Crippen LogP contribution in [-0.2, 0) is 4.79 Å². The maximum atomic E-state index is 14.2. The van der Waals surface area contributed by atoms with Gasteiger partial charge in [-0.05, 0) is 57.2 Å². The zero-order valence-electron chi connectivity index (χ0n) is 19.0. The van der Waals surface area contributed by atoms with E-state index in [2.05, 4.69) is 16.5 Å². The SMILES string of the molecule is CC1=C(C(=O)N2CCC[C@H]2c2cc(C)no2)[C@H](c2ccc(Cl)c(Cl)c2)n2nc(C3CC3)cc2N1. The minimum atomic E-state index is -0.413. The number of carbonyl (C=O) groups is 1. The molecule has 7 nitrogen and oxygen atoms in total. The van der Waals surface area contributed by atoms with Crippen LogP contribution in [0.15, 0.2) is 46.1 Å². The molecule has 0 bridgehead atoms. The van der Waals surface area contributed by atoms with Crippen molar-refractivity contribution in [2.75, 3.05) is 11.9 Å². The van der Waals surface area contributed by atoms with E-state index in [1.54, 1.807) is 6.07 Å². The number of aryl methyl sites for hydroxylation is 1. The van der Waals surface area contributed by atoms with Gasteiger partial charge in [-0.15, -0.1) is 0 Å². The molecule has 3 aromatic rings. The molecule has 1 aliphatic carbocycles. The summed E-state index contributed by atoms with van der Waals surface area (Å²) in [4.78, 5) is 16.1. The van der Waals surface area contributed by atoms with Crippen LogP contribution in [0.1, 0.15) is 73.3 Å². The van der Waals surface area contributed by atoms with E-state index in [0.717, 1.165) is 59.9 Å². The molecule has 1 aromatic carbocycles. The molecule has 0 radical (unpaired) electrons. The maximum absolute atomic E-state index is 14.2. The third-order valence-electron chi connectivity index (χ3n) is 6.97. The van der Waals surface area contributed by atoms with Crippen LogP contribution in [0.25, 0.3) is 0 Å². The van der Waals surface area contributed by atoms with Gasteiger partial charge in [0.1, 0.15) is 11.9 Å². The van der Waals surface area contributed by atoms with Gasteiger partial charge in [-0.2, -0.15) is 5.10 Å². The van der Waals surface area contributed by atoms with E-state index in [1.807, 2.05) is 41.6 Å². The van der Waals surface area contributed by atoms with Crippen LogP contribution >= 0.6 is 23.2 Å². The molecule has 4 heterocycles. The number of carbonyl (C=O) groups excluding carboxylic acids is 1. The summed E-state index contributed by atoms with van der Waals surface area (Å²) in [5.74, 6) is 2.07. The van der Waals surface area contributed by atoms with E-state index in [9.17, 15) is 4.79 Å². The first kappa shape index (κ1) is 21.7. The number of halogens is 2. The average Bonchev–Trinajstić information content (AvgIpc) is 3.18. The first-order valence-electron chi connectivity index (χ1n) is 11.7. The van der Waals surface area contributed by atoms with Crippen molar-refractivity contribution >= 4 is 34.9 Å². The number of nitrogens with zero attached hydrogens (tertiary/aromatic N) is 4. The molecule has 176 valence electrons. The Balaban J connectivity index is 1.44. The summed E-state index contributed by atoms with van der Waals surface area (Å²) in [6.45, 7) is 4.50. The number of anilines is 1. The van der Waals surface area contributed by atoms with Crippen molar-refractivity contribution in [1.82, 2.24) is 19.8 Å². The molecule has 1 saturated heterocycles. The van der Waals surface area contributed by atoms with Crippen LogP contribution in [0.2, 0.25) is 10.0 Å². The van der Waals surface area contributed by atoms with E-state index >= 15 is 0 Å². The van der Waals surface area contributed by atoms with Gasteiger partial charge < -0.3 is 14.7 Å². The number of amides is 1. The Labute approximate surface area is 207 Å². The van der Waals surface area contributed by atoms with Crippen LogP contribution in [-0.4, -0.2) is 32.3 Å². The molecule has 2 aliphatic heterocycles. The van der Waals surface area contributed by atoms with Gasteiger partial charge in [0.15, 0.2) is 5.76 Å². The predicted octanol–water partition coefficient (Wildman–Crippen LogP) is 6.02. The highest BCUT2D eigenvalue weighted by atomic mass is 35.5. The lowest BCUT2D eigenvalue weighted by atomic mass is 9.94. The van der Waals surface area contributed by atoms with Crippen LogP contribution in [0.3, 0.4) is 0 Å². The van der Waals surface area contributed by atoms with Gasteiger partial charge in [-0.3, -0.25) is 4.79 Å². The maximum Gasteiger partial charge on any atom is 0.254 e. The number of rotatable bonds is 4. The van der Waals surface area contributed by atoms with E-state index in [4.69, 9.17) is 32.8 Å². The summed E-state index contributed by atoms with van der Waals surface area (Å²) in [5.41, 5.74) is 4.21.